The van der Waals surface area contributed by atoms with Crippen molar-refractivity contribution in [2.75, 3.05) is 32.8 Å². The molecule has 32 heavy (non-hydrogen) atoms. The fraction of sp³-hybridized carbons (Fsp3) is 0.542. The standard InChI is InChI=1S/C22H30N2O4.C2H4O2/c1-4-27-22(26)20-15(3)6-7-16-12-24(13-18(16)20)21(25)17-11-14(2)5-8-19(17)28-10-9-23;1-2(3)4/h5-8,11,15-16,18,20H,4,9-10,12-13,23H2,1-3H3;1H3,(H,3,4)/t15-,16-,18-,20-;/m0./s1. The quantitative estimate of drug-likeness (QED) is 0.509. The number of hydrogen-bond acceptors (Lipinski definition) is 6. The molecule has 0 bridgehead atoms. The van der Waals surface area contributed by atoms with Crippen LogP contribution in [0, 0.1) is 30.6 Å². The summed E-state index contributed by atoms with van der Waals surface area (Å²) in [6.07, 6.45) is 4.24. The molecule has 3 rings (SSSR count). The van der Waals surface area contributed by atoms with Gasteiger partial charge in [0.2, 0.25) is 0 Å². The Bertz CT molecular complexity index is 849. The molecule has 1 amide bonds. The van der Waals surface area contributed by atoms with Crippen LogP contribution in [0.15, 0.2) is 30.4 Å². The van der Waals surface area contributed by atoms with Crippen molar-refractivity contribution in [1.29, 1.82) is 0 Å². The summed E-state index contributed by atoms with van der Waals surface area (Å²) in [5, 5.41) is 7.42. The molecule has 3 N–H and O–H groups in total. The Morgan fingerprint density at radius 3 is 2.53 bits per heavy atom. The minimum atomic E-state index is -0.833. The molecule has 8 heteroatoms. The summed E-state index contributed by atoms with van der Waals surface area (Å²) >= 11 is 0. The maximum atomic E-state index is 13.3. The first-order valence-electron chi connectivity index (χ1n) is 11.0. The Labute approximate surface area is 189 Å². The van der Waals surface area contributed by atoms with E-state index in [4.69, 9.17) is 25.1 Å². The summed E-state index contributed by atoms with van der Waals surface area (Å²) in [5.41, 5.74) is 7.09. The topological polar surface area (TPSA) is 119 Å². The van der Waals surface area contributed by atoms with Crippen molar-refractivity contribution >= 4 is 17.8 Å². The first-order valence-corrected chi connectivity index (χ1v) is 11.0. The van der Waals surface area contributed by atoms with Gasteiger partial charge in [-0.25, -0.2) is 0 Å². The summed E-state index contributed by atoms with van der Waals surface area (Å²) < 4.78 is 11.0. The first kappa shape index (κ1) is 25.4. The number of nitrogens with two attached hydrogens (primary N) is 1. The van der Waals surface area contributed by atoms with E-state index in [1.54, 1.807) is 0 Å². The second-order valence-electron chi connectivity index (χ2n) is 8.22. The van der Waals surface area contributed by atoms with Crippen LogP contribution < -0.4 is 10.5 Å². The number of carboxylic acids is 1. The SMILES string of the molecule is CC(=O)O.CCOC(=O)[C@@H]1[C@H]2CN(C(=O)c3cc(C)ccc3OCCN)C[C@@H]2C=C[C@@H]1C. The zero-order chi connectivity index (χ0) is 23.8. The van der Waals surface area contributed by atoms with Gasteiger partial charge >= 0.3 is 5.97 Å². The predicted octanol–water partition coefficient (Wildman–Crippen LogP) is 2.50. The average Bonchev–Trinajstić information content (AvgIpc) is 3.16. The lowest BCUT2D eigenvalue weighted by molar-refractivity contribution is -0.152. The van der Waals surface area contributed by atoms with Gasteiger partial charge in [0.25, 0.3) is 11.9 Å². The van der Waals surface area contributed by atoms with E-state index in [2.05, 4.69) is 12.2 Å². The van der Waals surface area contributed by atoms with Crippen LogP contribution in [0.4, 0.5) is 0 Å². The van der Waals surface area contributed by atoms with E-state index < -0.39 is 5.97 Å². The number of rotatable bonds is 6. The van der Waals surface area contributed by atoms with Gasteiger partial charge in [-0.1, -0.05) is 30.7 Å². The highest BCUT2D eigenvalue weighted by Gasteiger charge is 2.46. The number of ether oxygens (including phenoxy) is 2. The molecule has 1 saturated heterocycles. The number of esters is 1. The Morgan fingerprint density at radius 2 is 1.91 bits per heavy atom. The Morgan fingerprint density at radius 1 is 1.22 bits per heavy atom. The number of fused-ring (bicyclic) bond motifs is 1. The van der Waals surface area contributed by atoms with Crippen LogP contribution in [0.2, 0.25) is 0 Å². The van der Waals surface area contributed by atoms with E-state index in [-0.39, 0.29) is 35.5 Å². The van der Waals surface area contributed by atoms with Crippen molar-refractivity contribution in [2.24, 2.45) is 29.4 Å². The molecule has 1 aliphatic carbocycles. The lowest BCUT2D eigenvalue weighted by Crippen LogP contribution is -2.37. The number of aryl methyl sites for hydroxylation is 1. The van der Waals surface area contributed by atoms with E-state index in [9.17, 15) is 9.59 Å². The number of allylic oxidation sites excluding steroid dienone is 1. The van der Waals surface area contributed by atoms with Crippen LogP contribution in [0.25, 0.3) is 0 Å². The lowest BCUT2D eigenvalue weighted by Gasteiger charge is -2.31. The van der Waals surface area contributed by atoms with Crippen LogP contribution in [-0.4, -0.2) is 60.7 Å². The van der Waals surface area contributed by atoms with Crippen molar-refractivity contribution in [3.05, 3.63) is 41.5 Å². The zero-order valence-electron chi connectivity index (χ0n) is 19.2. The molecule has 1 fully saturated rings. The molecule has 0 spiro atoms. The summed E-state index contributed by atoms with van der Waals surface area (Å²) in [6.45, 7) is 9.17. The highest BCUT2D eigenvalue weighted by Crippen LogP contribution is 2.40. The molecule has 0 unspecified atom stereocenters. The van der Waals surface area contributed by atoms with Crippen LogP contribution in [0.5, 0.6) is 5.75 Å². The van der Waals surface area contributed by atoms with Gasteiger partial charge in [-0.15, -0.1) is 0 Å². The maximum absolute atomic E-state index is 13.3. The fourth-order valence-corrected chi connectivity index (χ4v) is 4.34. The molecule has 0 saturated carbocycles. The van der Waals surface area contributed by atoms with E-state index in [1.165, 1.54) is 0 Å². The highest BCUT2D eigenvalue weighted by molar-refractivity contribution is 5.97. The van der Waals surface area contributed by atoms with Crippen molar-refractivity contribution in [2.45, 2.75) is 27.7 Å². The van der Waals surface area contributed by atoms with Gasteiger partial charge in [0.15, 0.2) is 0 Å². The molecule has 4 atom stereocenters. The first-order chi connectivity index (χ1) is 15.2. The number of amides is 1. The molecule has 0 radical (unpaired) electrons. The van der Waals surface area contributed by atoms with Crippen molar-refractivity contribution in [1.82, 2.24) is 4.90 Å². The summed E-state index contributed by atoms with van der Waals surface area (Å²) in [5.74, 6) is -0.341. The third-order valence-electron chi connectivity index (χ3n) is 5.69. The molecular weight excluding hydrogens is 412 g/mol. The molecular formula is C24H34N2O6. The van der Waals surface area contributed by atoms with Crippen LogP contribution >= 0.6 is 0 Å². The van der Waals surface area contributed by atoms with E-state index in [0.717, 1.165) is 12.5 Å². The number of aliphatic carboxylic acids is 1. The Kier molecular flexibility index (Phi) is 9.26. The minimum absolute atomic E-state index is 0.0613. The van der Waals surface area contributed by atoms with Gasteiger partial charge in [0.1, 0.15) is 12.4 Å². The second kappa shape index (κ2) is 11.7. The van der Waals surface area contributed by atoms with Gasteiger partial charge in [-0.05, 0) is 43.7 Å². The number of carboxylic acid groups (broad SMARTS) is 1. The maximum Gasteiger partial charge on any atom is 0.309 e. The number of likely N-dealkylation sites (tertiary alicyclic amines) is 1. The summed E-state index contributed by atoms with van der Waals surface area (Å²) in [6, 6.07) is 5.61. The molecule has 1 aromatic rings. The summed E-state index contributed by atoms with van der Waals surface area (Å²) in [4.78, 5) is 36.6. The van der Waals surface area contributed by atoms with Gasteiger partial charge in [0, 0.05) is 26.6 Å². The number of nitrogens with zero attached hydrogens (tertiary/aromatic N) is 1. The fourth-order valence-electron chi connectivity index (χ4n) is 4.34. The molecule has 1 heterocycles. The van der Waals surface area contributed by atoms with E-state index >= 15 is 0 Å². The van der Waals surface area contributed by atoms with Crippen LogP contribution in [-0.2, 0) is 14.3 Å². The molecule has 0 aromatic heterocycles. The number of carbonyl (C=O) groups excluding carboxylic acids is 2. The monoisotopic (exact) mass is 446 g/mol. The Hall–Kier alpha value is -2.87. The van der Waals surface area contributed by atoms with Gasteiger partial charge in [0.05, 0.1) is 18.1 Å². The van der Waals surface area contributed by atoms with Gasteiger partial charge < -0.3 is 25.2 Å². The van der Waals surface area contributed by atoms with Gasteiger partial charge in [-0.3, -0.25) is 14.4 Å². The summed E-state index contributed by atoms with van der Waals surface area (Å²) in [7, 11) is 0. The molecule has 8 nitrogen and oxygen atoms in total. The van der Waals surface area contributed by atoms with Crippen LogP contribution in [0.1, 0.15) is 36.7 Å². The van der Waals surface area contributed by atoms with Crippen LogP contribution in [0.3, 0.4) is 0 Å². The molecule has 1 aromatic carbocycles. The highest BCUT2D eigenvalue weighted by atomic mass is 16.5. The van der Waals surface area contributed by atoms with E-state index in [0.29, 0.717) is 44.2 Å². The number of hydrogen-bond donors (Lipinski definition) is 2. The van der Waals surface area contributed by atoms with Crippen molar-refractivity contribution in [3.8, 4) is 5.75 Å². The minimum Gasteiger partial charge on any atom is -0.491 e. The number of benzene rings is 1. The third kappa shape index (κ3) is 6.32. The zero-order valence-corrected chi connectivity index (χ0v) is 19.2. The Balaban J connectivity index is 0.000000837. The van der Waals surface area contributed by atoms with Crippen molar-refractivity contribution in [3.63, 3.8) is 0 Å². The predicted molar refractivity (Wildman–Crippen MR) is 120 cm³/mol. The molecule has 1 aliphatic heterocycles. The van der Waals surface area contributed by atoms with E-state index in [1.807, 2.05) is 43.9 Å². The lowest BCUT2D eigenvalue weighted by atomic mass is 9.72. The molecule has 176 valence electrons. The second-order valence-corrected chi connectivity index (χ2v) is 8.22. The molecule has 2 aliphatic rings. The van der Waals surface area contributed by atoms with Crippen molar-refractivity contribution < 1.29 is 29.0 Å². The third-order valence-corrected chi connectivity index (χ3v) is 5.69. The number of carbonyl (C=O) groups is 3. The smallest absolute Gasteiger partial charge is 0.309 e. The largest absolute Gasteiger partial charge is 0.491 e. The average molecular weight is 447 g/mol. The normalized spacial score (nSPS) is 23.6. The van der Waals surface area contributed by atoms with Gasteiger partial charge in [-0.2, -0.15) is 0 Å².